The van der Waals surface area contributed by atoms with Gasteiger partial charge in [-0.05, 0) is 41.7 Å². The van der Waals surface area contributed by atoms with E-state index >= 15 is 0 Å². The third kappa shape index (κ3) is 3.18. The number of hydrogen-bond acceptors (Lipinski definition) is 3. The number of amides is 1. The summed E-state index contributed by atoms with van der Waals surface area (Å²) in [6.07, 6.45) is 1.34. The molecule has 1 heterocycles. The van der Waals surface area contributed by atoms with Crippen LogP contribution in [0.4, 0.5) is 5.69 Å². The molecule has 1 unspecified atom stereocenters. The fourth-order valence-electron chi connectivity index (χ4n) is 2.98. The van der Waals surface area contributed by atoms with Crippen molar-refractivity contribution >= 4 is 17.6 Å². The molecule has 4 heteroatoms. The van der Waals surface area contributed by atoms with Crippen molar-refractivity contribution in [3.8, 4) is 0 Å². The molecule has 1 aliphatic rings. The Morgan fingerprint density at radius 3 is 2.71 bits per heavy atom. The van der Waals surface area contributed by atoms with Crippen LogP contribution < -0.4 is 5.32 Å². The lowest BCUT2D eigenvalue weighted by atomic mass is 9.95. The Morgan fingerprint density at radius 2 is 1.96 bits per heavy atom. The summed E-state index contributed by atoms with van der Waals surface area (Å²) in [4.78, 5) is 24.7. The van der Waals surface area contributed by atoms with Gasteiger partial charge >= 0.3 is 5.97 Å². The Bertz CT molecular complexity index is 782. The molecule has 124 valence electrons. The van der Waals surface area contributed by atoms with E-state index in [0.717, 1.165) is 35.2 Å². The number of para-hydroxylation sites is 1. The molecule has 3 rings (SSSR count). The highest BCUT2D eigenvalue weighted by molar-refractivity contribution is 6.00. The predicted octanol–water partition coefficient (Wildman–Crippen LogP) is 3.53. The van der Waals surface area contributed by atoms with Crippen molar-refractivity contribution in [3.05, 3.63) is 64.7 Å². The molecule has 2 aromatic carbocycles. The van der Waals surface area contributed by atoms with Crippen LogP contribution in [-0.4, -0.2) is 18.0 Å². The van der Waals surface area contributed by atoms with Gasteiger partial charge in [-0.15, -0.1) is 0 Å². The minimum Gasteiger partial charge on any atom is -0.448 e. The summed E-state index contributed by atoms with van der Waals surface area (Å²) < 4.78 is 5.34. The van der Waals surface area contributed by atoms with Gasteiger partial charge in [-0.25, -0.2) is 4.79 Å². The zero-order valence-electron chi connectivity index (χ0n) is 14.0. The quantitative estimate of drug-likeness (QED) is 0.876. The first-order chi connectivity index (χ1) is 11.6. The van der Waals surface area contributed by atoms with Crippen LogP contribution in [0.3, 0.4) is 0 Å². The number of esters is 1. The normalized spacial score (nSPS) is 16.2. The Hall–Kier alpha value is -2.62. The first-order valence-electron chi connectivity index (χ1n) is 8.34. The van der Waals surface area contributed by atoms with Crippen molar-refractivity contribution in [3.63, 3.8) is 0 Å². The number of carbonyl (C=O) groups excluding carboxylic acids is 2. The summed E-state index contributed by atoms with van der Waals surface area (Å²) in [6.45, 7) is 4.10. The maximum Gasteiger partial charge on any atom is 0.339 e. The Labute approximate surface area is 141 Å². The van der Waals surface area contributed by atoms with Crippen molar-refractivity contribution in [2.75, 3.05) is 5.32 Å². The summed E-state index contributed by atoms with van der Waals surface area (Å²) in [7, 11) is 0. The van der Waals surface area contributed by atoms with Crippen molar-refractivity contribution in [1.29, 1.82) is 0 Å². The molecule has 1 amide bonds. The van der Waals surface area contributed by atoms with Crippen LogP contribution in [0.25, 0.3) is 0 Å². The third-order valence-corrected chi connectivity index (χ3v) is 4.40. The number of hydrogen-bond donors (Lipinski definition) is 1. The maximum absolute atomic E-state index is 12.6. The Morgan fingerprint density at radius 1 is 1.17 bits per heavy atom. The van der Waals surface area contributed by atoms with Crippen molar-refractivity contribution in [1.82, 2.24) is 0 Å². The van der Waals surface area contributed by atoms with Gasteiger partial charge in [0, 0.05) is 12.1 Å². The van der Waals surface area contributed by atoms with E-state index < -0.39 is 12.1 Å². The second kappa shape index (κ2) is 6.87. The highest BCUT2D eigenvalue weighted by atomic mass is 16.5. The molecule has 0 saturated carbocycles. The molecule has 0 saturated heterocycles. The van der Waals surface area contributed by atoms with Crippen molar-refractivity contribution in [2.24, 2.45) is 0 Å². The fourth-order valence-corrected chi connectivity index (χ4v) is 2.98. The first kappa shape index (κ1) is 16.2. The smallest absolute Gasteiger partial charge is 0.339 e. The topological polar surface area (TPSA) is 55.4 Å². The van der Waals surface area contributed by atoms with Gasteiger partial charge in [0.2, 0.25) is 0 Å². The molecule has 0 spiro atoms. The lowest BCUT2D eigenvalue weighted by Gasteiger charge is -2.24. The van der Waals surface area contributed by atoms with E-state index in [4.69, 9.17) is 4.74 Å². The van der Waals surface area contributed by atoms with E-state index in [-0.39, 0.29) is 5.91 Å². The fraction of sp³-hybridized carbons (Fsp3) is 0.300. The monoisotopic (exact) mass is 323 g/mol. The molecule has 2 aromatic rings. The second-order valence-corrected chi connectivity index (χ2v) is 5.94. The molecule has 1 atom stereocenters. The van der Waals surface area contributed by atoms with Crippen LogP contribution in [0.2, 0.25) is 0 Å². The van der Waals surface area contributed by atoms with E-state index in [0.29, 0.717) is 12.0 Å². The third-order valence-electron chi connectivity index (χ3n) is 4.40. The minimum atomic E-state index is -0.790. The Kier molecular flexibility index (Phi) is 4.65. The van der Waals surface area contributed by atoms with Crippen LogP contribution in [0.5, 0.6) is 0 Å². The number of cyclic esters (lactones) is 1. The highest BCUT2D eigenvalue weighted by Gasteiger charge is 2.31. The van der Waals surface area contributed by atoms with Gasteiger partial charge in [0.15, 0.2) is 6.10 Å². The number of ether oxygens (including phenoxy) is 1. The second-order valence-electron chi connectivity index (χ2n) is 5.94. The molecule has 0 fully saturated rings. The van der Waals surface area contributed by atoms with Gasteiger partial charge < -0.3 is 10.1 Å². The van der Waals surface area contributed by atoms with Gasteiger partial charge in [0.1, 0.15) is 0 Å². The summed E-state index contributed by atoms with van der Waals surface area (Å²) in [5.74, 6) is -0.709. The zero-order valence-corrected chi connectivity index (χ0v) is 14.0. The van der Waals surface area contributed by atoms with Gasteiger partial charge in [-0.2, -0.15) is 0 Å². The Balaban J connectivity index is 1.80. The van der Waals surface area contributed by atoms with E-state index in [2.05, 4.69) is 12.2 Å². The molecule has 0 bridgehead atoms. The molecular formula is C20H21NO3. The molecule has 0 aliphatic carbocycles. The van der Waals surface area contributed by atoms with E-state index in [9.17, 15) is 9.59 Å². The van der Waals surface area contributed by atoms with Gasteiger partial charge in [-0.3, -0.25) is 4.79 Å². The summed E-state index contributed by atoms with van der Waals surface area (Å²) in [6, 6.07) is 13.4. The van der Waals surface area contributed by atoms with Crippen molar-refractivity contribution < 1.29 is 14.3 Å². The van der Waals surface area contributed by atoms with Gasteiger partial charge in [0.25, 0.3) is 5.91 Å². The zero-order chi connectivity index (χ0) is 17.1. The first-order valence-corrected chi connectivity index (χ1v) is 8.34. The molecule has 24 heavy (non-hydrogen) atoms. The number of carbonyl (C=O) groups is 2. The summed E-state index contributed by atoms with van der Waals surface area (Å²) in [5.41, 5.74) is 4.43. The SMILES string of the molecule is CCc1ccc2c(c1)CC(C(=O)Nc1ccccc1CC)OC2=O. The molecule has 0 radical (unpaired) electrons. The van der Waals surface area contributed by atoms with Crippen LogP contribution in [-0.2, 0) is 28.8 Å². The van der Waals surface area contributed by atoms with Crippen LogP contribution in [0.1, 0.15) is 40.9 Å². The number of aryl methyl sites for hydroxylation is 2. The lowest BCUT2D eigenvalue weighted by molar-refractivity contribution is -0.125. The predicted molar refractivity (Wildman–Crippen MR) is 93.2 cm³/mol. The van der Waals surface area contributed by atoms with Crippen LogP contribution in [0.15, 0.2) is 42.5 Å². The largest absolute Gasteiger partial charge is 0.448 e. The molecule has 0 aromatic heterocycles. The van der Waals surface area contributed by atoms with Gasteiger partial charge in [-0.1, -0.05) is 44.2 Å². The van der Waals surface area contributed by atoms with E-state index in [1.807, 2.05) is 43.3 Å². The van der Waals surface area contributed by atoms with E-state index in [1.165, 1.54) is 0 Å². The number of anilines is 1. The molecular weight excluding hydrogens is 302 g/mol. The summed E-state index contributed by atoms with van der Waals surface area (Å²) in [5, 5.41) is 2.89. The summed E-state index contributed by atoms with van der Waals surface area (Å²) >= 11 is 0. The molecule has 4 nitrogen and oxygen atoms in total. The van der Waals surface area contributed by atoms with Crippen LogP contribution >= 0.6 is 0 Å². The molecule has 1 aliphatic heterocycles. The van der Waals surface area contributed by atoms with Gasteiger partial charge in [0.05, 0.1) is 5.56 Å². The number of rotatable bonds is 4. The van der Waals surface area contributed by atoms with Crippen molar-refractivity contribution in [2.45, 2.75) is 39.2 Å². The average Bonchev–Trinajstić information content (AvgIpc) is 2.61. The average molecular weight is 323 g/mol. The standard InChI is InChI=1S/C20H21NO3/c1-3-13-9-10-16-15(11-13)12-18(24-20(16)23)19(22)21-17-8-6-5-7-14(17)4-2/h5-11,18H,3-4,12H2,1-2H3,(H,21,22). The highest BCUT2D eigenvalue weighted by Crippen LogP contribution is 2.24. The van der Waals surface area contributed by atoms with E-state index in [1.54, 1.807) is 6.07 Å². The number of nitrogens with one attached hydrogen (secondary N) is 1. The molecule has 1 N–H and O–H groups in total. The lowest BCUT2D eigenvalue weighted by Crippen LogP contribution is -2.38. The minimum absolute atomic E-state index is 0.281. The number of fused-ring (bicyclic) bond motifs is 1. The number of benzene rings is 2. The van der Waals surface area contributed by atoms with Crippen LogP contribution in [0, 0.1) is 0 Å². The maximum atomic E-state index is 12.6.